The van der Waals surface area contributed by atoms with Crippen molar-refractivity contribution in [1.29, 1.82) is 0 Å². The molecule has 1 amide bonds. The van der Waals surface area contributed by atoms with Gasteiger partial charge in [-0.15, -0.1) is 11.6 Å². The minimum absolute atomic E-state index is 0.296. The number of nitrogens with one attached hydrogen (secondary N) is 1. The number of alkyl halides is 4. The maximum atomic E-state index is 13.7. The first kappa shape index (κ1) is 18.3. The Labute approximate surface area is 143 Å². The average Bonchev–Trinajstić information content (AvgIpc) is 2.51. The molecule has 0 spiro atoms. The normalized spacial score (nSPS) is 11.2. The second-order valence-corrected chi connectivity index (χ2v) is 5.07. The first-order valence-electron chi connectivity index (χ1n) is 6.27. The van der Waals surface area contributed by atoms with Crippen LogP contribution in [0, 0.1) is 5.82 Å². The molecule has 4 nitrogen and oxygen atoms in total. The highest BCUT2D eigenvalue weighted by Crippen LogP contribution is 2.39. The highest BCUT2D eigenvalue weighted by molar-refractivity contribution is 6.32. The summed E-state index contributed by atoms with van der Waals surface area (Å²) in [6.45, 7) is 0. The second-order valence-electron chi connectivity index (χ2n) is 4.40. The number of carbonyl (C=O) groups excluding carboxylic acids is 1. The number of benzene rings is 1. The zero-order chi connectivity index (χ0) is 17.9. The molecule has 0 aliphatic heterocycles. The lowest BCUT2D eigenvalue weighted by Gasteiger charge is -2.14. The Morgan fingerprint density at radius 2 is 2.04 bits per heavy atom. The Kier molecular flexibility index (Phi) is 5.51. The van der Waals surface area contributed by atoms with E-state index >= 15 is 0 Å². The molecular formula is C14H8Cl2F4N2O2. The summed E-state index contributed by atoms with van der Waals surface area (Å²) >= 11 is 11.1. The number of carbonyl (C=O) groups is 1. The largest absolute Gasteiger partial charge is 0.437 e. The molecule has 0 radical (unpaired) electrons. The summed E-state index contributed by atoms with van der Waals surface area (Å²) in [6, 6.07) is 3.60. The smallest absolute Gasteiger partial charge is 0.421 e. The van der Waals surface area contributed by atoms with E-state index in [1.807, 2.05) is 0 Å². The van der Waals surface area contributed by atoms with E-state index in [1.165, 1.54) is 0 Å². The first-order valence-corrected chi connectivity index (χ1v) is 7.18. The van der Waals surface area contributed by atoms with Crippen LogP contribution >= 0.6 is 23.2 Å². The van der Waals surface area contributed by atoms with Gasteiger partial charge in [0.15, 0.2) is 0 Å². The third kappa shape index (κ3) is 4.27. The summed E-state index contributed by atoms with van der Waals surface area (Å²) in [6.07, 6.45) is -3.61. The van der Waals surface area contributed by atoms with Crippen molar-refractivity contribution < 1.29 is 27.1 Å². The van der Waals surface area contributed by atoms with Crippen molar-refractivity contribution in [3.8, 4) is 11.6 Å². The van der Waals surface area contributed by atoms with Gasteiger partial charge in [0.05, 0.1) is 10.7 Å². The zero-order valence-electron chi connectivity index (χ0n) is 11.6. The molecule has 0 fully saturated rings. The molecule has 0 saturated heterocycles. The van der Waals surface area contributed by atoms with Crippen molar-refractivity contribution in [1.82, 2.24) is 4.98 Å². The summed E-state index contributed by atoms with van der Waals surface area (Å²) in [5, 5.41) is 1.83. The fourth-order valence-electron chi connectivity index (χ4n) is 1.68. The number of amides is 1. The number of anilines is 1. The molecule has 0 saturated carbocycles. The number of rotatable bonds is 4. The van der Waals surface area contributed by atoms with Crippen LogP contribution in [0.2, 0.25) is 5.02 Å². The summed E-state index contributed by atoms with van der Waals surface area (Å²) < 4.78 is 57.6. The number of ether oxygens (including phenoxy) is 1. The van der Waals surface area contributed by atoms with Gasteiger partial charge in [-0.05, 0) is 18.2 Å². The summed E-state index contributed by atoms with van der Waals surface area (Å²) in [5.41, 5.74) is -1.47. The molecule has 2 aromatic rings. The number of hydrogen-bond donors (Lipinski definition) is 1. The van der Waals surface area contributed by atoms with Gasteiger partial charge in [0, 0.05) is 12.3 Å². The van der Waals surface area contributed by atoms with Gasteiger partial charge in [0.1, 0.15) is 23.0 Å². The third-order valence-electron chi connectivity index (χ3n) is 2.70. The Morgan fingerprint density at radius 3 is 2.67 bits per heavy atom. The van der Waals surface area contributed by atoms with Crippen LogP contribution in [0.1, 0.15) is 5.56 Å². The molecule has 2 rings (SSSR count). The fourth-order valence-corrected chi connectivity index (χ4v) is 1.93. The van der Waals surface area contributed by atoms with Crippen LogP contribution in [0.15, 0.2) is 30.5 Å². The van der Waals surface area contributed by atoms with E-state index in [-0.39, 0.29) is 16.5 Å². The molecule has 0 unspecified atom stereocenters. The molecule has 0 atom stereocenters. The minimum Gasteiger partial charge on any atom is -0.437 e. The molecule has 24 heavy (non-hydrogen) atoms. The van der Waals surface area contributed by atoms with Gasteiger partial charge in [-0.25, -0.2) is 9.37 Å². The van der Waals surface area contributed by atoms with Gasteiger partial charge >= 0.3 is 6.18 Å². The second kappa shape index (κ2) is 7.23. The van der Waals surface area contributed by atoms with Crippen molar-refractivity contribution in [3.63, 3.8) is 0 Å². The topological polar surface area (TPSA) is 51.2 Å². The molecule has 0 bridgehead atoms. The van der Waals surface area contributed by atoms with Crippen molar-refractivity contribution in [2.24, 2.45) is 0 Å². The van der Waals surface area contributed by atoms with Crippen molar-refractivity contribution in [2.75, 3.05) is 11.2 Å². The standard InChI is InChI=1S/C14H8Cl2F4N2O2/c15-6-12(23)22-10-5-11(8(16)4-9(10)17)24-13-7(14(18,19)20)2-1-3-21-13/h1-5H,6H2,(H,22,23). The SMILES string of the molecule is O=C(CCl)Nc1cc(Oc2ncccc2C(F)(F)F)c(Cl)cc1F. The van der Waals surface area contributed by atoms with Crippen LogP contribution in [0.25, 0.3) is 0 Å². The highest BCUT2D eigenvalue weighted by Gasteiger charge is 2.35. The van der Waals surface area contributed by atoms with Gasteiger partial charge in [-0.1, -0.05) is 11.6 Å². The third-order valence-corrected chi connectivity index (χ3v) is 3.24. The first-order chi connectivity index (χ1) is 11.2. The molecule has 1 aromatic heterocycles. The lowest BCUT2D eigenvalue weighted by molar-refractivity contribution is -0.138. The van der Waals surface area contributed by atoms with Gasteiger partial charge in [-0.2, -0.15) is 13.2 Å². The number of nitrogens with zero attached hydrogens (tertiary/aromatic N) is 1. The number of halogens is 6. The Bertz CT molecular complexity index is 769. The predicted molar refractivity (Wildman–Crippen MR) is 80.1 cm³/mol. The van der Waals surface area contributed by atoms with Crippen LogP contribution in [-0.4, -0.2) is 16.8 Å². The molecule has 1 aromatic carbocycles. The van der Waals surface area contributed by atoms with Crippen molar-refractivity contribution in [3.05, 3.63) is 46.9 Å². The van der Waals surface area contributed by atoms with E-state index in [0.717, 1.165) is 30.5 Å². The monoisotopic (exact) mass is 382 g/mol. The van der Waals surface area contributed by atoms with Gasteiger partial charge in [-0.3, -0.25) is 4.79 Å². The van der Waals surface area contributed by atoms with Crippen molar-refractivity contribution >= 4 is 34.8 Å². The summed E-state index contributed by atoms with van der Waals surface area (Å²) in [4.78, 5) is 14.7. The van der Waals surface area contributed by atoms with E-state index in [9.17, 15) is 22.4 Å². The summed E-state index contributed by atoms with van der Waals surface area (Å²) in [7, 11) is 0. The van der Waals surface area contributed by atoms with Gasteiger partial charge in [0.2, 0.25) is 11.8 Å². The average molecular weight is 383 g/mol. The van der Waals surface area contributed by atoms with Crippen molar-refractivity contribution in [2.45, 2.75) is 6.18 Å². The Hall–Kier alpha value is -2.06. The van der Waals surface area contributed by atoms with Crippen LogP contribution in [-0.2, 0) is 11.0 Å². The van der Waals surface area contributed by atoms with Crippen LogP contribution in [0.3, 0.4) is 0 Å². The lowest BCUT2D eigenvalue weighted by Crippen LogP contribution is -2.14. The van der Waals surface area contributed by atoms with E-state index in [1.54, 1.807) is 0 Å². The quantitative estimate of drug-likeness (QED) is 0.606. The Balaban J connectivity index is 2.40. The molecule has 128 valence electrons. The van der Waals surface area contributed by atoms with Crippen LogP contribution in [0.5, 0.6) is 11.6 Å². The summed E-state index contributed by atoms with van der Waals surface area (Å²) in [5.74, 6) is -3.11. The van der Waals surface area contributed by atoms with Gasteiger partial charge < -0.3 is 10.1 Å². The molecule has 10 heteroatoms. The number of hydrogen-bond acceptors (Lipinski definition) is 3. The van der Waals surface area contributed by atoms with Gasteiger partial charge in [0.25, 0.3) is 0 Å². The molecule has 0 aliphatic rings. The molecular weight excluding hydrogens is 375 g/mol. The predicted octanol–water partition coefficient (Wildman–Crippen LogP) is 4.86. The number of pyridine rings is 1. The highest BCUT2D eigenvalue weighted by atomic mass is 35.5. The minimum atomic E-state index is -4.70. The van der Waals surface area contributed by atoms with E-state index in [4.69, 9.17) is 27.9 Å². The Morgan fingerprint density at radius 1 is 1.33 bits per heavy atom. The maximum Gasteiger partial charge on any atom is 0.421 e. The van der Waals surface area contributed by atoms with E-state index in [2.05, 4.69) is 10.3 Å². The molecule has 1 heterocycles. The molecule has 0 aliphatic carbocycles. The molecule has 1 N–H and O–H groups in total. The van der Waals surface area contributed by atoms with E-state index < -0.39 is 35.2 Å². The fraction of sp³-hybridized carbons (Fsp3) is 0.143. The maximum absolute atomic E-state index is 13.7. The zero-order valence-corrected chi connectivity index (χ0v) is 13.1. The van der Waals surface area contributed by atoms with E-state index in [0.29, 0.717) is 0 Å². The van der Waals surface area contributed by atoms with Crippen LogP contribution in [0.4, 0.5) is 23.2 Å². The lowest BCUT2D eigenvalue weighted by atomic mass is 10.2. The number of aromatic nitrogens is 1. The van der Waals surface area contributed by atoms with Crippen LogP contribution < -0.4 is 10.1 Å².